The van der Waals surface area contributed by atoms with Gasteiger partial charge in [-0.2, -0.15) is 5.10 Å². The van der Waals surface area contributed by atoms with E-state index in [0.717, 1.165) is 29.1 Å². The average Bonchev–Trinajstić information content (AvgIpc) is 2.96. The monoisotopic (exact) mass is 303 g/mol. The average molecular weight is 304 g/mol. The van der Waals surface area contributed by atoms with Crippen molar-refractivity contribution in [2.75, 3.05) is 6.61 Å². The number of aryl methyl sites for hydroxylation is 2. The molecule has 0 aliphatic heterocycles. The van der Waals surface area contributed by atoms with E-state index in [0.29, 0.717) is 11.8 Å². The molecule has 0 unspecified atom stereocenters. The molecular formula is C16H18ClN3O. The second-order valence-electron chi connectivity index (χ2n) is 5.08. The van der Waals surface area contributed by atoms with Crippen molar-refractivity contribution < 1.29 is 4.74 Å². The Hall–Kier alpha value is -1.94. The zero-order valence-corrected chi connectivity index (χ0v) is 13.2. The van der Waals surface area contributed by atoms with Crippen molar-refractivity contribution >= 4 is 22.5 Å². The van der Waals surface area contributed by atoms with Gasteiger partial charge >= 0.3 is 0 Å². The Balaban J connectivity index is 1.98. The highest BCUT2D eigenvalue weighted by atomic mass is 35.5. The number of fused-ring (bicyclic) bond motifs is 1. The fourth-order valence-corrected chi connectivity index (χ4v) is 2.83. The van der Waals surface area contributed by atoms with Crippen molar-refractivity contribution in [3.63, 3.8) is 0 Å². The molecule has 0 amide bonds. The summed E-state index contributed by atoms with van der Waals surface area (Å²) in [5.74, 6) is 0.901. The van der Waals surface area contributed by atoms with Crippen LogP contribution in [-0.2, 0) is 13.6 Å². The zero-order valence-electron chi connectivity index (χ0n) is 12.4. The summed E-state index contributed by atoms with van der Waals surface area (Å²) < 4.78 is 9.43. The highest BCUT2D eigenvalue weighted by Crippen LogP contribution is 2.25. The zero-order chi connectivity index (χ0) is 15.0. The molecule has 0 saturated heterocycles. The van der Waals surface area contributed by atoms with Crippen molar-refractivity contribution in [2.24, 2.45) is 7.05 Å². The van der Waals surface area contributed by atoms with Crippen LogP contribution in [0, 0.1) is 6.92 Å². The van der Waals surface area contributed by atoms with Crippen LogP contribution in [0.3, 0.4) is 0 Å². The highest BCUT2D eigenvalue weighted by molar-refractivity contribution is 6.30. The molecule has 5 heteroatoms. The fourth-order valence-electron chi connectivity index (χ4n) is 2.60. The summed E-state index contributed by atoms with van der Waals surface area (Å²) in [6.45, 7) is 5.37. The molecule has 0 aliphatic carbocycles. The van der Waals surface area contributed by atoms with Crippen molar-refractivity contribution in [1.29, 1.82) is 0 Å². The molecule has 2 heterocycles. The minimum Gasteiger partial charge on any atom is -0.494 e. The molecule has 0 aliphatic rings. The summed E-state index contributed by atoms with van der Waals surface area (Å²) in [4.78, 5) is 0. The van der Waals surface area contributed by atoms with E-state index in [9.17, 15) is 0 Å². The van der Waals surface area contributed by atoms with E-state index in [2.05, 4.69) is 34.1 Å². The van der Waals surface area contributed by atoms with E-state index < -0.39 is 0 Å². The number of halogens is 1. The standard InChI is InChI=1S/C16H18ClN3O/c1-4-21-13-5-6-15-12(9-13)7-8-20(15)10-14-11(2)18-19(3)16(14)17/h5-9H,4,10H2,1-3H3. The van der Waals surface area contributed by atoms with Gasteiger partial charge in [-0.05, 0) is 38.1 Å². The lowest BCUT2D eigenvalue weighted by atomic mass is 10.2. The lowest BCUT2D eigenvalue weighted by molar-refractivity contribution is 0.340. The molecule has 0 atom stereocenters. The summed E-state index contributed by atoms with van der Waals surface area (Å²) in [5, 5.41) is 6.22. The van der Waals surface area contributed by atoms with Crippen molar-refractivity contribution in [2.45, 2.75) is 20.4 Å². The summed E-state index contributed by atoms with van der Waals surface area (Å²) in [6, 6.07) is 8.24. The summed E-state index contributed by atoms with van der Waals surface area (Å²) in [5.41, 5.74) is 3.19. The lowest BCUT2D eigenvalue weighted by Gasteiger charge is -2.07. The van der Waals surface area contributed by atoms with Gasteiger partial charge in [0, 0.05) is 29.7 Å². The van der Waals surface area contributed by atoms with Crippen LogP contribution in [0.25, 0.3) is 10.9 Å². The molecule has 0 bridgehead atoms. The quantitative estimate of drug-likeness (QED) is 0.734. The fraction of sp³-hybridized carbons (Fsp3) is 0.312. The first-order chi connectivity index (χ1) is 10.1. The summed E-state index contributed by atoms with van der Waals surface area (Å²) in [7, 11) is 1.86. The van der Waals surface area contributed by atoms with E-state index in [1.165, 1.54) is 5.39 Å². The molecule has 0 fully saturated rings. The molecule has 4 nitrogen and oxygen atoms in total. The largest absolute Gasteiger partial charge is 0.494 e. The van der Waals surface area contributed by atoms with Crippen LogP contribution in [0.1, 0.15) is 18.2 Å². The molecule has 1 aromatic carbocycles. The van der Waals surface area contributed by atoms with Crippen molar-refractivity contribution in [3.8, 4) is 5.75 Å². The van der Waals surface area contributed by atoms with Gasteiger partial charge in [-0.3, -0.25) is 4.68 Å². The Bertz CT molecular complexity index is 788. The smallest absolute Gasteiger partial charge is 0.131 e. The van der Waals surface area contributed by atoms with Crippen molar-refractivity contribution in [3.05, 3.63) is 46.9 Å². The van der Waals surface area contributed by atoms with Gasteiger partial charge in [0.25, 0.3) is 0 Å². The van der Waals surface area contributed by atoms with Gasteiger partial charge in [0.1, 0.15) is 10.9 Å². The Morgan fingerprint density at radius 3 is 2.76 bits per heavy atom. The third-order valence-electron chi connectivity index (χ3n) is 3.65. The maximum absolute atomic E-state index is 6.32. The first-order valence-corrected chi connectivity index (χ1v) is 7.37. The van der Waals surface area contributed by atoms with Crippen LogP contribution in [0.5, 0.6) is 5.75 Å². The molecule has 21 heavy (non-hydrogen) atoms. The van der Waals surface area contributed by atoms with Gasteiger partial charge in [0.2, 0.25) is 0 Å². The van der Waals surface area contributed by atoms with Crippen LogP contribution in [-0.4, -0.2) is 21.0 Å². The number of rotatable bonds is 4. The van der Waals surface area contributed by atoms with Crippen LogP contribution in [0.4, 0.5) is 0 Å². The number of aromatic nitrogens is 3. The Morgan fingerprint density at radius 1 is 1.29 bits per heavy atom. The van der Waals surface area contributed by atoms with Gasteiger partial charge in [0.05, 0.1) is 18.8 Å². The number of hydrogen-bond acceptors (Lipinski definition) is 2. The third-order valence-corrected chi connectivity index (χ3v) is 4.12. The van der Waals surface area contributed by atoms with Gasteiger partial charge in [-0.15, -0.1) is 0 Å². The van der Waals surface area contributed by atoms with Gasteiger partial charge in [0.15, 0.2) is 0 Å². The minimum absolute atomic E-state index is 0.677. The summed E-state index contributed by atoms with van der Waals surface area (Å²) in [6.07, 6.45) is 2.07. The maximum atomic E-state index is 6.32. The molecule has 3 rings (SSSR count). The highest BCUT2D eigenvalue weighted by Gasteiger charge is 2.12. The van der Waals surface area contributed by atoms with Crippen LogP contribution in [0.2, 0.25) is 5.15 Å². The van der Waals surface area contributed by atoms with E-state index in [1.54, 1.807) is 4.68 Å². The molecule has 0 N–H and O–H groups in total. The minimum atomic E-state index is 0.677. The first kappa shape index (κ1) is 14.0. The van der Waals surface area contributed by atoms with E-state index >= 15 is 0 Å². The Kier molecular flexibility index (Phi) is 3.64. The molecular weight excluding hydrogens is 286 g/mol. The SMILES string of the molecule is CCOc1ccc2c(ccn2Cc2c(C)nn(C)c2Cl)c1. The number of benzene rings is 1. The Morgan fingerprint density at radius 2 is 2.10 bits per heavy atom. The van der Waals surface area contributed by atoms with Gasteiger partial charge < -0.3 is 9.30 Å². The maximum Gasteiger partial charge on any atom is 0.131 e. The first-order valence-electron chi connectivity index (χ1n) is 6.99. The lowest BCUT2D eigenvalue weighted by Crippen LogP contribution is -1.99. The number of ether oxygens (including phenoxy) is 1. The molecule has 0 radical (unpaired) electrons. The predicted molar refractivity (Wildman–Crippen MR) is 85.2 cm³/mol. The van der Waals surface area contributed by atoms with Crippen molar-refractivity contribution in [1.82, 2.24) is 14.3 Å². The second-order valence-corrected chi connectivity index (χ2v) is 5.43. The van der Waals surface area contributed by atoms with Gasteiger partial charge in [-0.25, -0.2) is 0 Å². The number of nitrogens with zero attached hydrogens (tertiary/aromatic N) is 3. The topological polar surface area (TPSA) is 32.0 Å². The van der Waals surface area contributed by atoms with Gasteiger partial charge in [-0.1, -0.05) is 11.6 Å². The summed E-state index contributed by atoms with van der Waals surface area (Å²) >= 11 is 6.32. The molecule has 0 saturated carbocycles. The van der Waals surface area contributed by atoms with Crippen LogP contribution >= 0.6 is 11.6 Å². The molecule has 110 valence electrons. The van der Waals surface area contributed by atoms with E-state index in [4.69, 9.17) is 16.3 Å². The molecule has 0 spiro atoms. The molecule has 3 aromatic rings. The predicted octanol–water partition coefficient (Wildman–Crippen LogP) is 3.78. The Labute approximate surface area is 128 Å². The third kappa shape index (κ3) is 2.51. The van der Waals surface area contributed by atoms with E-state index in [-0.39, 0.29) is 0 Å². The number of hydrogen-bond donors (Lipinski definition) is 0. The molecule has 2 aromatic heterocycles. The van der Waals surface area contributed by atoms with Crippen LogP contribution in [0.15, 0.2) is 30.5 Å². The van der Waals surface area contributed by atoms with E-state index in [1.807, 2.05) is 27.0 Å². The normalized spacial score (nSPS) is 11.2. The van der Waals surface area contributed by atoms with Crippen LogP contribution < -0.4 is 4.74 Å². The second kappa shape index (κ2) is 5.45.